The molecule has 0 bridgehead atoms. The highest BCUT2D eigenvalue weighted by Gasteiger charge is 2.35. The Morgan fingerprint density at radius 1 is 0.556 bits per heavy atom. The monoisotopic (exact) mass is 518 g/mol. The summed E-state index contributed by atoms with van der Waals surface area (Å²) in [7, 11) is 0. The fraction of sp³-hybridized carbons (Fsp3) is 0. The Kier molecular flexibility index (Phi) is 5.88. The second-order valence-corrected chi connectivity index (χ2v) is 8.48. The smallest absolute Gasteiger partial charge is 0.230 e. The van der Waals surface area contributed by atoms with Crippen molar-refractivity contribution in [3.8, 4) is 11.5 Å². The molecular weight excluding hydrogens is 507 g/mol. The minimum absolute atomic E-state index is 0.0892. The van der Waals surface area contributed by atoms with E-state index in [0.29, 0.717) is 6.29 Å². The molecule has 0 unspecified atom stereocenters. The normalized spacial score (nSPS) is 15.1. The zero-order chi connectivity index (χ0) is 25.6. The maximum Gasteiger partial charge on any atom is 0.230 e. The number of hydrogen-bond donors (Lipinski definition) is 0. The van der Waals surface area contributed by atoms with Crippen LogP contribution in [-0.4, -0.2) is 29.4 Å². The number of halogens is 2. The topological polar surface area (TPSA) is 104 Å². The highest BCUT2D eigenvalue weighted by Crippen LogP contribution is 2.38. The van der Waals surface area contributed by atoms with Crippen molar-refractivity contribution in [1.29, 1.82) is 0 Å². The molecule has 3 aromatic rings. The Morgan fingerprint density at radius 2 is 0.972 bits per heavy atom. The van der Waals surface area contributed by atoms with Crippen LogP contribution in [-0.2, 0) is 0 Å². The lowest BCUT2D eigenvalue weighted by Crippen LogP contribution is -2.24. The second-order valence-electron chi connectivity index (χ2n) is 7.72. The number of benzene rings is 3. The van der Waals surface area contributed by atoms with Crippen molar-refractivity contribution in [3.05, 3.63) is 116 Å². The van der Waals surface area contributed by atoms with Gasteiger partial charge < -0.3 is 9.47 Å². The first-order valence-electron chi connectivity index (χ1n) is 10.4. The molecule has 9 heteroatoms. The summed E-state index contributed by atoms with van der Waals surface area (Å²) in [5, 5.41) is -0.907. The predicted octanol–water partition coefficient (Wildman–Crippen LogP) is 5.32. The van der Waals surface area contributed by atoms with E-state index >= 15 is 0 Å². The van der Waals surface area contributed by atoms with Gasteiger partial charge in [0.1, 0.15) is 16.4 Å². The third kappa shape index (κ3) is 3.75. The van der Waals surface area contributed by atoms with Crippen LogP contribution in [0.25, 0.3) is 0 Å². The van der Waals surface area contributed by atoms with Gasteiger partial charge in [0, 0.05) is 27.8 Å². The van der Waals surface area contributed by atoms with E-state index in [4.69, 9.17) is 32.7 Å². The molecule has 176 valence electrons. The summed E-state index contributed by atoms with van der Waals surface area (Å²) in [6.45, 7) is 0. The lowest BCUT2D eigenvalue weighted by molar-refractivity contribution is 0.0934. The van der Waals surface area contributed by atoms with Crippen molar-refractivity contribution in [3.63, 3.8) is 0 Å². The van der Waals surface area contributed by atoms with Gasteiger partial charge in [-0.15, -0.1) is 0 Å². The molecule has 36 heavy (non-hydrogen) atoms. The molecule has 0 saturated heterocycles. The molecule has 0 radical (unpaired) electrons. The zero-order valence-corrected chi connectivity index (χ0v) is 19.6. The van der Waals surface area contributed by atoms with Gasteiger partial charge in [0.15, 0.2) is 23.0 Å². The number of aldehydes is 1. The summed E-state index contributed by atoms with van der Waals surface area (Å²) >= 11 is 12.4. The number of rotatable bonds is 5. The number of fused-ring (bicyclic) bond motifs is 2. The molecule has 0 N–H and O–H groups in total. The largest absolute Gasteiger partial charge is 0.448 e. The van der Waals surface area contributed by atoms with Crippen LogP contribution in [0.2, 0.25) is 0 Å². The molecule has 0 heterocycles. The van der Waals surface area contributed by atoms with Crippen molar-refractivity contribution in [2.24, 2.45) is 0 Å². The van der Waals surface area contributed by atoms with Crippen molar-refractivity contribution in [2.45, 2.75) is 0 Å². The van der Waals surface area contributed by atoms with E-state index in [9.17, 15) is 24.0 Å². The standard InChI is InChI=1S/C27H12Cl2O7/c28-20-22(31)14-5-1-3-7-16(14)24(33)26(20)35-18-10-9-13(12-30)11-19(18)36-27-21(29)23(32)15-6-2-4-8-17(15)25(27)34/h1-12H. The average Bonchev–Trinajstić information content (AvgIpc) is 2.91. The zero-order valence-electron chi connectivity index (χ0n) is 18.0. The summed E-state index contributed by atoms with van der Waals surface area (Å²) < 4.78 is 11.4. The van der Waals surface area contributed by atoms with Crippen LogP contribution in [0.15, 0.2) is 88.3 Å². The minimum atomic E-state index is -0.659. The Morgan fingerprint density at radius 3 is 1.42 bits per heavy atom. The molecular formula is C27H12Cl2O7. The van der Waals surface area contributed by atoms with Gasteiger partial charge in [0.05, 0.1) is 0 Å². The van der Waals surface area contributed by atoms with Gasteiger partial charge in [-0.2, -0.15) is 0 Å². The molecule has 7 nitrogen and oxygen atoms in total. The van der Waals surface area contributed by atoms with Gasteiger partial charge in [-0.05, 0) is 18.2 Å². The van der Waals surface area contributed by atoms with Crippen LogP contribution in [0.1, 0.15) is 51.8 Å². The van der Waals surface area contributed by atoms with Gasteiger partial charge in [-0.3, -0.25) is 24.0 Å². The summed E-state index contributed by atoms with van der Waals surface area (Å²) in [4.78, 5) is 62.9. The van der Waals surface area contributed by atoms with Crippen LogP contribution in [0, 0.1) is 0 Å². The average molecular weight is 519 g/mol. The quantitative estimate of drug-likeness (QED) is 0.421. The lowest BCUT2D eigenvalue weighted by Gasteiger charge is -2.21. The molecule has 0 aromatic heterocycles. The number of carbonyl (C=O) groups is 5. The Labute approximate surface area is 213 Å². The molecule has 0 spiro atoms. The maximum absolute atomic E-state index is 13.1. The van der Waals surface area contributed by atoms with Gasteiger partial charge in [-0.1, -0.05) is 71.7 Å². The van der Waals surface area contributed by atoms with E-state index in [2.05, 4.69) is 0 Å². The minimum Gasteiger partial charge on any atom is -0.448 e. The molecule has 5 rings (SSSR count). The van der Waals surface area contributed by atoms with E-state index in [1.165, 1.54) is 42.5 Å². The van der Waals surface area contributed by atoms with Crippen LogP contribution >= 0.6 is 23.2 Å². The van der Waals surface area contributed by atoms with Gasteiger partial charge in [0.2, 0.25) is 23.1 Å². The van der Waals surface area contributed by atoms with Crippen molar-refractivity contribution in [2.75, 3.05) is 0 Å². The summed E-state index contributed by atoms with van der Waals surface area (Å²) in [5.41, 5.74) is 0.588. The number of allylic oxidation sites excluding steroid dienone is 4. The molecule has 0 fully saturated rings. The van der Waals surface area contributed by atoms with Gasteiger partial charge >= 0.3 is 0 Å². The lowest BCUT2D eigenvalue weighted by atomic mass is 9.93. The predicted molar refractivity (Wildman–Crippen MR) is 129 cm³/mol. The number of Topliss-reactive ketones (excluding diaryl/α,β-unsaturated/α-hetero) is 4. The third-order valence-electron chi connectivity index (χ3n) is 5.57. The van der Waals surface area contributed by atoms with Crippen LogP contribution in [0.3, 0.4) is 0 Å². The first-order valence-corrected chi connectivity index (χ1v) is 11.2. The van der Waals surface area contributed by atoms with Crippen molar-refractivity contribution >= 4 is 52.6 Å². The molecule has 2 aliphatic carbocycles. The third-order valence-corrected chi connectivity index (χ3v) is 6.26. The summed E-state index contributed by atoms with van der Waals surface area (Å²) in [6.07, 6.45) is 0.521. The van der Waals surface area contributed by atoms with Gasteiger partial charge in [-0.25, -0.2) is 0 Å². The van der Waals surface area contributed by atoms with E-state index < -0.39 is 44.7 Å². The molecule has 0 saturated carbocycles. The number of hydrogen-bond acceptors (Lipinski definition) is 7. The Balaban J connectivity index is 1.57. The first-order chi connectivity index (χ1) is 17.3. The molecule has 0 amide bonds. The van der Waals surface area contributed by atoms with E-state index in [-0.39, 0.29) is 39.3 Å². The number of carbonyl (C=O) groups excluding carboxylic acids is 5. The van der Waals surface area contributed by atoms with Crippen molar-refractivity contribution in [1.82, 2.24) is 0 Å². The highest BCUT2D eigenvalue weighted by atomic mass is 35.5. The number of ether oxygens (including phenoxy) is 2. The summed E-state index contributed by atoms with van der Waals surface area (Å²) in [6, 6.07) is 16.1. The van der Waals surface area contributed by atoms with E-state index in [1.54, 1.807) is 24.3 Å². The highest BCUT2D eigenvalue weighted by molar-refractivity contribution is 6.50. The van der Waals surface area contributed by atoms with Crippen molar-refractivity contribution < 1.29 is 33.4 Å². The van der Waals surface area contributed by atoms with Crippen LogP contribution in [0.5, 0.6) is 11.5 Å². The number of ketones is 4. The fourth-order valence-corrected chi connectivity index (χ4v) is 4.26. The van der Waals surface area contributed by atoms with Crippen LogP contribution < -0.4 is 9.47 Å². The van der Waals surface area contributed by atoms with Gasteiger partial charge in [0.25, 0.3) is 0 Å². The molecule has 3 aromatic carbocycles. The first kappa shape index (κ1) is 23.4. The maximum atomic E-state index is 13.1. The summed E-state index contributed by atoms with van der Waals surface area (Å²) in [5.74, 6) is -3.82. The second kappa shape index (κ2) is 9.03. The van der Waals surface area contributed by atoms with E-state index in [0.717, 1.165) is 0 Å². The fourth-order valence-electron chi connectivity index (χ4n) is 3.81. The molecule has 0 aliphatic heterocycles. The Bertz CT molecular complexity index is 1600. The molecule has 2 aliphatic rings. The van der Waals surface area contributed by atoms with Crippen LogP contribution in [0.4, 0.5) is 0 Å². The SMILES string of the molecule is O=Cc1ccc(OC2=C(Cl)C(=O)c3ccccc3C2=O)c(OC2=C(Cl)C(=O)c3ccccc3C2=O)c1. The molecule has 0 atom stereocenters. The van der Waals surface area contributed by atoms with E-state index in [1.807, 2.05) is 0 Å². The Hall–Kier alpha value is -4.33.